The van der Waals surface area contributed by atoms with E-state index in [1.54, 1.807) is 12.1 Å². The topological polar surface area (TPSA) is 75.9 Å². The molecule has 1 aromatic rings. The monoisotopic (exact) mass is 321 g/mol. The Morgan fingerprint density at radius 2 is 1.83 bits per heavy atom. The minimum absolute atomic E-state index is 0.0209. The van der Waals surface area contributed by atoms with Crippen LogP contribution in [0.5, 0.6) is 0 Å². The van der Waals surface area contributed by atoms with Crippen molar-refractivity contribution in [3.8, 4) is 0 Å². The van der Waals surface area contributed by atoms with Crippen molar-refractivity contribution >= 4 is 17.5 Å². The van der Waals surface area contributed by atoms with Gasteiger partial charge in [0.25, 0.3) is 5.91 Å². The molecule has 23 heavy (non-hydrogen) atoms. The van der Waals surface area contributed by atoms with Crippen molar-refractivity contribution in [3.05, 3.63) is 29.8 Å². The molecule has 2 fully saturated rings. The molecule has 7 heteroatoms. The van der Waals surface area contributed by atoms with Crippen molar-refractivity contribution in [1.29, 1.82) is 0 Å². The lowest BCUT2D eigenvalue weighted by Gasteiger charge is -2.29. The summed E-state index contributed by atoms with van der Waals surface area (Å²) in [5.74, 6) is -1.02. The quantitative estimate of drug-likeness (QED) is 0.883. The number of morpholine rings is 1. The third kappa shape index (κ3) is 3.29. The molecule has 6 nitrogen and oxygen atoms in total. The summed E-state index contributed by atoms with van der Waals surface area (Å²) in [4.78, 5) is 27.3. The van der Waals surface area contributed by atoms with Crippen molar-refractivity contribution in [2.45, 2.75) is 18.6 Å². The predicted molar refractivity (Wildman–Crippen MR) is 83.0 cm³/mol. The number of rotatable bonds is 3. The van der Waals surface area contributed by atoms with Crippen LogP contribution in [0, 0.1) is 0 Å². The highest BCUT2D eigenvalue weighted by molar-refractivity contribution is 5.98. The van der Waals surface area contributed by atoms with Crippen LogP contribution < -0.4 is 10.6 Å². The normalized spacial score (nSPS) is 24.7. The van der Waals surface area contributed by atoms with Gasteiger partial charge in [-0.2, -0.15) is 0 Å². The highest BCUT2D eigenvalue weighted by Gasteiger charge is 2.39. The lowest BCUT2D eigenvalue weighted by Crippen LogP contribution is -2.43. The SMILES string of the molecule is NC(=O)[C@@H]1C[C@@H](F)CN1C(=O)c1ccc(N2CCOCC2)cc1. The van der Waals surface area contributed by atoms with Crippen LogP contribution in [0.1, 0.15) is 16.8 Å². The third-order valence-corrected chi connectivity index (χ3v) is 4.33. The standard InChI is InChI=1S/C16H20FN3O3/c17-12-9-14(15(18)21)20(10-12)16(22)11-1-3-13(4-2-11)19-5-7-23-8-6-19/h1-4,12,14H,5-10H2,(H2,18,21)/t12-,14+/m1/s1. The van der Waals surface area contributed by atoms with Gasteiger partial charge in [-0.1, -0.05) is 0 Å². The average Bonchev–Trinajstić information content (AvgIpc) is 2.97. The van der Waals surface area contributed by atoms with Crippen LogP contribution >= 0.6 is 0 Å². The number of likely N-dealkylation sites (tertiary alicyclic amines) is 1. The molecule has 2 aliphatic rings. The van der Waals surface area contributed by atoms with Crippen molar-refractivity contribution in [2.24, 2.45) is 5.73 Å². The van der Waals surface area contributed by atoms with E-state index in [1.807, 2.05) is 12.1 Å². The number of carbonyl (C=O) groups excluding carboxylic acids is 2. The van der Waals surface area contributed by atoms with Crippen LogP contribution in [-0.2, 0) is 9.53 Å². The molecule has 0 aromatic heterocycles. The summed E-state index contributed by atoms with van der Waals surface area (Å²) in [6.07, 6.45) is -1.23. The number of hydrogen-bond acceptors (Lipinski definition) is 4. The fourth-order valence-electron chi connectivity index (χ4n) is 3.08. The summed E-state index contributed by atoms with van der Waals surface area (Å²) in [6.45, 7) is 2.91. The number of alkyl halides is 1. The van der Waals surface area contributed by atoms with Gasteiger partial charge in [0.2, 0.25) is 5.91 Å². The van der Waals surface area contributed by atoms with E-state index in [0.29, 0.717) is 18.8 Å². The molecule has 0 bridgehead atoms. The van der Waals surface area contributed by atoms with Crippen LogP contribution in [0.3, 0.4) is 0 Å². The molecule has 2 N–H and O–H groups in total. The fourth-order valence-corrected chi connectivity index (χ4v) is 3.08. The first-order valence-corrected chi connectivity index (χ1v) is 7.73. The molecule has 2 heterocycles. The maximum Gasteiger partial charge on any atom is 0.254 e. The van der Waals surface area contributed by atoms with Gasteiger partial charge in [-0.3, -0.25) is 9.59 Å². The largest absolute Gasteiger partial charge is 0.378 e. The van der Waals surface area contributed by atoms with E-state index < -0.39 is 18.1 Å². The van der Waals surface area contributed by atoms with E-state index in [0.717, 1.165) is 18.8 Å². The lowest BCUT2D eigenvalue weighted by atomic mass is 10.1. The number of ether oxygens (including phenoxy) is 1. The van der Waals surface area contributed by atoms with Gasteiger partial charge in [0, 0.05) is 30.8 Å². The average molecular weight is 321 g/mol. The molecule has 0 spiro atoms. The first kappa shape index (κ1) is 15.7. The van der Waals surface area contributed by atoms with Crippen molar-refractivity contribution < 1.29 is 18.7 Å². The van der Waals surface area contributed by atoms with Crippen LogP contribution in [-0.4, -0.2) is 61.8 Å². The summed E-state index contributed by atoms with van der Waals surface area (Å²) >= 11 is 0. The second-order valence-electron chi connectivity index (χ2n) is 5.85. The van der Waals surface area contributed by atoms with Gasteiger partial charge in [-0.05, 0) is 24.3 Å². The molecule has 1 aromatic carbocycles. The summed E-state index contributed by atoms with van der Waals surface area (Å²) in [7, 11) is 0. The summed E-state index contributed by atoms with van der Waals surface area (Å²) in [5.41, 5.74) is 6.72. The van der Waals surface area contributed by atoms with E-state index in [2.05, 4.69) is 4.90 Å². The smallest absolute Gasteiger partial charge is 0.254 e. The second kappa shape index (κ2) is 6.54. The van der Waals surface area contributed by atoms with Gasteiger partial charge in [0.1, 0.15) is 12.2 Å². The number of primary amides is 1. The molecule has 2 amide bonds. The van der Waals surface area contributed by atoms with E-state index in [1.165, 1.54) is 4.90 Å². The van der Waals surface area contributed by atoms with Crippen molar-refractivity contribution in [3.63, 3.8) is 0 Å². The summed E-state index contributed by atoms with van der Waals surface area (Å²) in [6, 6.07) is 6.27. The van der Waals surface area contributed by atoms with Crippen LogP contribution in [0.4, 0.5) is 10.1 Å². The van der Waals surface area contributed by atoms with Crippen LogP contribution in [0.15, 0.2) is 24.3 Å². The molecular formula is C16H20FN3O3. The Kier molecular flexibility index (Phi) is 4.47. The van der Waals surface area contributed by atoms with Gasteiger partial charge in [-0.15, -0.1) is 0 Å². The number of hydrogen-bond donors (Lipinski definition) is 1. The predicted octanol–water partition coefficient (Wildman–Crippen LogP) is 0.561. The molecular weight excluding hydrogens is 301 g/mol. The van der Waals surface area contributed by atoms with E-state index in [9.17, 15) is 14.0 Å². The van der Waals surface area contributed by atoms with Gasteiger partial charge in [0.05, 0.1) is 19.8 Å². The number of carbonyl (C=O) groups is 2. The van der Waals surface area contributed by atoms with E-state index in [-0.39, 0.29) is 18.9 Å². The number of amides is 2. The molecule has 0 radical (unpaired) electrons. The first-order valence-electron chi connectivity index (χ1n) is 7.73. The second-order valence-corrected chi connectivity index (χ2v) is 5.85. The third-order valence-electron chi connectivity index (χ3n) is 4.33. The molecule has 3 rings (SSSR count). The Labute approximate surface area is 134 Å². The van der Waals surface area contributed by atoms with Crippen LogP contribution in [0.25, 0.3) is 0 Å². The maximum atomic E-state index is 13.5. The Bertz CT molecular complexity index is 587. The zero-order valence-corrected chi connectivity index (χ0v) is 12.8. The first-order chi connectivity index (χ1) is 11.1. The minimum atomic E-state index is -1.20. The molecule has 0 unspecified atom stereocenters. The molecule has 2 atom stereocenters. The van der Waals surface area contributed by atoms with Gasteiger partial charge < -0.3 is 20.3 Å². The summed E-state index contributed by atoms with van der Waals surface area (Å²) in [5, 5.41) is 0. The van der Waals surface area contributed by atoms with Gasteiger partial charge in [0.15, 0.2) is 0 Å². The number of benzene rings is 1. The Morgan fingerprint density at radius 1 is 1.17 bits per heavy atom. The Hall–Kier alpha value is -2.15. The van der Waals surface area contributed by atoms with E-state index >= 15 is 0 Å². The van der Waals surface area contributed by atoms with Gasteiger partial charge in [-0.25, -0.2) is 4.39 Å². The Balaban J connectivity index is 1.73. The van der Waals surface area contributed by atoms with Gasteiger partial charge >= 0.3 is 0 Å². The molecule has 124 valence electrons. The minimum Gasteiger partial charge on any atom is -0.378 e. The van der Waals surface area contributed by atoms with E-state index in [4.69, 9.17) is 10.5 Å². The maximum absolute atomic E-state index is 13.5. The fraction of sp³-hybridized carbons (Fsp3) is 0.500. The number of halogens is 1. The molecule has 2 aliphatic heterocycles. The number of nitrogens with zero attached hydrogens (tertiary/aromatic N) is 2. The lowest BCUT2D eigenvalue weighted by molar-refractivity contribution is -0.121. The highest BCUT2D eigenvalue weighted by Crippen LogP contribution is 2.24. The number of anilines is 1. The highest BCUT2D eigenvalue weighted by atomic mass is 19.1. The molecule has 0 saturated carbocycles. The Morgan fingerprint density at radius 3 is 2.43 bits per heavy atom. The summed E-state index contributed by atoms with van der Waals surface area (Å²) < 4.78 is 18.9. The van der Waals surface area contributed by atoms with Crippen LogP contribution in [0.2, 0.25) is 0 Å². The molecule has 2 saturated heterocycles. The number of nitrogens with two attached hydrogens (primary N) is 1. The van der Waals surface area contributed by atoms with Crippen molar-refractivity contribution in [1.82, 2.24) is 4.90 Å². The zero-order valence-electron chi connectivity index (χ0n) is 12.8. The molecule has 0 aliphatic carbocycles. The van der Waals surface area contributed by atoms with Crippen molar-refractivity contribution in [2.75, 3.05) is 37.7 Å². The zero-order chi connectivity index (χ0) is 16.4.